The molecule has 1 atom stereocenters. The van der Waals surface area contributed by atoms with Crippen LogP contribution in [0.25, 0.3) is 0 Å². The molecule has 1 aromatic heterocycles. The first kappa shape index (κ1) is 11.2. The average Bonchev–Trinajstić information content (AvgIpc) is 2.56. The van der Waals surface area contributed by atoms with Crippen LogP contribution in [0.2, 0.25) is 0 Å². The van der Waals surface area contributed by atoms with Gasteiger partial charge in [-0.1, -0.05) is 13.8 Å². The third kappa shape index (κ3) is 2.32. The molecule has 1 unspecified atom stereocenters. The van der Waals surface area contributed by atoms with Crippen molar-refractivity contribution in [2.75, 3.05) is 6.54 Å². The van der Waals surface area contributed by atoms with Crippen molar-refractivity contribution in [3.05, 3.63) is 11.6 Å². The number of nitrogens with zero attached hydrogens (tertiary/aromatic N) is 3. The lowest BCUT2D eigenvalue weighted by atomic mass is 10.1. The van der Waals surface area contributed by atoms with Crippen LogP contribution in [0.1, 0.15) is 44.3 Å². The van der Waals surface area contributed by atoms with Gasteiger partial charge in [0, 0.05) is 12.5 Å². The molecule has 0 aliphatic heterocycles. The number of rotatable bonds is 5. The molecule has 0 bridgehead atoms. The molecular weight excluding hydrogens is 176 g/mol. The predicted octanol–water partition coefficient (Wildman–Crippen LogP) is 1.45. The molecule has 0 spiro atoms. The lowest BCUT2D eigenvalue weighted by molar-refractivity contribution is 0.561. The Labute approximate surface area is 85.5 Å². The Kier molecular flexibility index (Phi) is 4.07. The highest BCUT2D eigenvalue weighted by atomic mass is 15.3. The first-order valence-corrected chi connectivity index (χ1v) is 5.30. The Morgan fingerprint density at radius 2 is 2.14 bits per heavy atom. The molecule has 0 saturated carbocycles. The SMILES string of the molecule is CCC(C)c1nnc(C)n1CCCN. The molecule has 14 heavy (non-hydrogen) atoms. The van der Waals surface area contributed by atoms with E-state index in [1.807, 2.05) is 6.92 Å². The Morgan fingerprint density at radius 3 is 2.71 bits per heavy atom. The maximum atomic E-state index is 5.50. The zero-order valence-electron chi connectivity index (χ0n) is 9.32. The molecule has 4 nitrogen and oxygen atoms in total. The molecule has 0 aliphatic rings. The Balaban J connectivity index is 2.82. The molecule has 1 aromatic rings. The molecule has 0 aromatic carbocycles. The van der Waals surface area contributed by atoms with Gasteiger partial charge in [0.15, 0.2) is 0 Å². The topological polar surface area (TPSA) is 56.7 Å². The van der Waals surface area contributed by atoms with Crippen molar-refractivity contribution in [2.24, 2.45) is 5.73 Å². The van der Waals surface area contributed by atoms with Crippen molar-refractivity contribution in [2.45, 2.75) is 46.1 Å². The van der Waals surface area contributed by atoms with Gasteiger partial charge in [-0.25, -0.2) is 0 Å². The summed E-state index contributed by atoms with van der Waals surface area (Å²) in [5.74, 6) is 2.57. The van der Waals surface area contributed by atoms with Crippen LogP contribution in [-0.2, 0) is 6.54 Å². The summed E-state index contributed by atoms with van der Waals surface area (Å²) in [5.41, 5.74) is 5.50. The highest BCUT2D eigenvalue weighted by Crippen LogP contribution is 2.17. The van der Waals surface area contributed by atoms with E-state index >= 15 is 0 Å². The van der Waals surface area contributed by atoms with E-state index in [4.69, 9.17) is 5.73 Å². The number of nitrogens with two attached hydrogens (primary N) is 1. The second-order valence-electron chi connectivity index (χ2n) is 3.71. The van der Waals surface area contributed by atoms with Crippen LogP contribution in [0.4, 0.5) is 0 Å². The fourth-order valence-electron chi connectivity index (χ4n) is 1.47. The number of hydrogen-bond acceptors (Lipinski definition) is 3. The first-order valence-electron chi connectivity index (χ1n) is 5.30. The second kappa shape index (κ2) is 5.10. The van der Waals surface area contributed by atoms with Crippen molar-refractivity contribution in [1.29, 1.82) is 0 Å². The van der Waals surface area contributed by atoms with Gasteiger partial charge in [0.25, 0.3) is 0 Å². The number of aromatic nitrogens is 3. The fraction of sp³-hybridized carbons (Fsp3) is 0.800. The van der Waals surface area contributed by atoms with Crippen LogP contribution in [0, 0.1) is 6.92 Å². The van der Waals surface area contributed by atoms with E-state index in [0.29, 0.717) is 5.92 Å². The molecule has 0 aliphatic carbocycles. The lowest BCUT2D eigenvalue weighted by Gasteiger charge is -2.11. The molecule has 1 heterocycles. The summed E-state index contributed by atoms with van der Waals surface area (Å²) in [6.07, 6.45) is 2.09. The van der Waals surface area contributed by atoms with Crippen LogP contribution in [0.3, 0.4) is 0 Å². The Morgan fingerprint density at radius 1 is 1.43 bits per heavy atom. The van der Waals surface area contributed by atoms with Gasteiger partial charge in [-0.3, -0.25) is 0 Å². The molecular formula is C10H20N4. The van der Waals surface area contributed by atoms with Crippen LogP contribution in [0.5, 0.6) is 0 Å². The van der Waals surface area contributed by atoms with E-state index in [-0.39, 0.29) is 0 Å². The third-order valence-electron chi connectivity index (χ3n) is 2.60. The normalized spacial score (nSPS) is 13.1. The Hall–Kier alpha value is -0.900. The third-order valence-corrected chi connectivity index (χ3v) is 2.60. The van der Waals surface area contributed by atoms with Crippen LogP contribution < -0.4 is 5.73 Å². The minimum Gasteiger partial charge on any atom is -0.330 e. The highest BCUT2D eigenvalue weighted by molar-refractivity contribution is 4.99. The standard InChI is InChI=1S/C10H20N4/c1-4-8(2)10-13-12-9(3)14(10)7-5-6-11/h8H,4-7,11H2,1-3H3. The van der Waals surface area contributed by atoms with Gasteiger partial charge in [0.2, 0.25) is 0 Å². The van der Waals surface area contributed by atoms with E-state index in [1.165, 1.54) is 0 Å². The lowest BCUT2D eigenvalue weighted by Crippen LogP contribution is -2.11. The average molecular weight is 196 g/mol. The van der Waals surface area contributed by atoms with Crippen molar-refractivity contribution >= 4 is 0 Å². The van der Waals surface area contributed by atoms with Gasteiger partial charge < -0.3 is 10.3 Å². The summed E-state index contributed by atoms with van der Waals surface area (Å²) in [4.78, 5) is 0. The van der Waals surface area contributed by atoms with Crippen LogP contribution >= 0.6 is 0 Å². The van der Waals surface area contributed by atoms with Gasteiger partial charge in [0.05, 0.1) is 0 Å². The van der Waals surface area contributed by atoms with Gasteiger partial charge in [0.1, 0.15) is 11.6 Å². The van der Waals surface area contributed by atoms with Gasteiger partial charge in [-0.2, -0.15) is 0 Å². The van der Waals surface area contributed by atoms with E-state index < -0.39 is 0 Å². The zero-order chi connectivity index (χ0) is 10.6. The number of aryl methyl sites for hydroxylation is 1. The monoisotopic (exact) mass is 196 g/mol. The molecule has 0 fully saturated rings. The fourth-order valence-corrected chi connectivity index (χ4v) is 1.47. The van der Waals surface area contributed by atoms with Gasteiger partial charge in [-0.15, -0.1) is 10.2 Å². The minimum absolute atomic E-state index is 0.481. The molecule has 0 radical (unpaired) electrons. The van der Waals surface area contributed by atoms with E-state index in [9.17, 15) is 0 Å². The second-order valence-corrected chi connectivity index (χ2v) is 3.71. The maximum Gasteiger partial charge on any atom is 0.135 e. The molecule has 4 heteroatoms. The zero-order valence-corrected chi connectivity index (χ0v) is 9.32. The number of hydrogen-bond donors (Lipinski definition) is 1. The molecule has 80 valence electrons. The molecule has 0 saturated heterocycles. The molecule has 0 amide bonds. The molecule has 1 rings (SSSR count). The Bertz CT molecular complexity index is 280. The summed E-state index contributed by atoms with van der Waals surface area (Å²) in [7, 11) is 0. The van der Waals surface area contributed by atoms with Crippen molar-refractivity contribution < 1.29 is 0 Å². The highest BCUT2D eigenvalue weighted by Gasteiger charge is 2.13. The molecule has 2 N–H and O–H groups in total. The van der Waals surface area contributed by atoms with E-state index in [1.54, 1.807) is 0 Å². The summed E-state index contributed by atoms with van der Waals surface area (Å²) in [6.45, 7) is 8.01. The summed E-state index contributed by atoms with van der Waals surface area (Å²) in [5, 5.41) is 8.32. The van der Waals surface area contributed by atoms with Crippen molar-refractivity contribution in [3.63, 3.8) is 0 Å². The van der Waals surface area contributed by atoms with E-state index in [0.717, 1.165) is 37.6 Å². The van der Waals surface area contributed by atoms with Crippen molar-refractivity contribution in [1.82, 2.24) is 14.8 Å². The summed E-state index contributed by atoms with van der Waals surface area (Å²) in [6, 6.07) is 0. The largest absolute Gasteiger partial charge is 0.330 e. The van der Waals surface area contributed by atoms with Gasteiger partial charge in [-0.05, 0) is 26.3 Å². The summed E-state index contributed by atoms with van der Waals surface area (Å²) >= 11 is 0. The maximum absolute atomic E-state index is 5.50. The van der Waals surface area contributed by atoms with Gasteiger partial charge >= 0.3 is 0 Å². The summed E-state index contributed by atoms with van der Waals surface area (Å²) < 4.78 is 2.18. The van der Waals surface area contributed by atoms with Crippen LogP contribution in [0.15, 0.2) is 0 Å². The smallest absolute Gasteiger partial charge is 0.135 e. The first-order chi connectivity index (χ1) is 6.70. The quantitative estimate of drug-likeness (QED) is 0.775. The van der Waals surface area contributed by atoms with Crippen molar-refractivity contribution in [3.8, 4) is 0 Å². The van der Waals surface area contributed by atoms with Crippen LogP contribution in [-0.4, -0.2) is 21.3 Å². The van der Waals surface area contributed by atoms with E-state index in [2.05, 4.69) is 28.6 Å². The minimum atomic E-state index is 0.481. The predicted molar refractivity (Wildman–Crippen MR) is 57.1 cm³/mol.